The van der Waals surface area contributed by atoms with Crippen molar-refractivity contribution in [3.63, 3.8) is 0 Å². The summed E-state index contributed by atoms with van der Waals surface area (Å²) >= 11 is 11.5. The number of rotatable bonds is 2. The maximum absolute atomic E-state index is 11.1. The number of nitro benzene ring substituents is 1. The predicted molar refractivity (Wildman–Crippen MR) is 99.2 cm³/mol. The van der Waals surface area contributed by atoms with E-state index in [2.05, 4.69) is 5.32 Å². The van der Waals surface area contributed by atoms with Gasteiger partial charge in [0.1, 0.15) is 5.75 Å². The lowest BCUT2D eigenvalue weighted by atomic mass is 9.90. The van der Waals surface area contributed by atoms with E-state index >= 15 is 0 Å². The van der Waals surface area contributed by atoms with Crippen molar-refractivity contribution in [2.24, 2.45) is 0 Å². The number of hydrogen-bond donors (Lipinski definition) is 1. The number of ether oxygens (including phenoxy) is 1. The van der Waals surface area contributed by atoms with Crippen molar-refractivity contribution < 1.29 is 9.66 Å². The fraction of sp³-hybridized carbons (Fsp3) is 0.235. The molecule has 2 aliphatic heterocycles. The molecule has 2 bridgehead atoms. The minimum atomic E-state index is -0.691. The molecule has 1 fully saturated rings. The molecule has 2 aliphatic rings. The zero-order valence-corrected chi connectivity index (χ0v) is 14.8. The Labute approximate surface area is 154 Å². The topological polar surface area (TPSA) is 67.6 Å². The zero-order chi connectivity index (χ0) is 17.8. The molecule has 128 valence electrons. The molecule has 2 heterocycles. The molecule has 0 radical (unpaired) electrons. The van der Waals surface area contributed by atoms with Crippen molar-refractivity contribution in [2.75, 3.05) is 4.90 Å². The van der Waals surface area contributed by atoms with Gasteiger partial charge in [-0.2, -0.15) is 0 Å². The average molecular weight is 376 g/mol. The summed E-state index contributed by atoms with van der Waals surface area (Å²) in [6.45, 7) is 1.96. The second-order valence-corrected chi connectivity index (χ2v) is 7.10. The lowest BCUT2D eigenvalue weighted by molar-refractivity contribution is -0.385. The third kappa shape index (κ3) is 2.60. The van der Waals surface area contributed by atoms with Crippen LogP contribution in [0.3, 0.4) is 0 Å². The molecule has 2 aromatic rings. The molecule has 2 atom stereocenters. The third-order valence-corrected chi connectivity index (χ3v) is 5.10. The monoisotopic (exact) mass is 375 g/mol. The van der Waals surface area contributed by atoms with Gasteiger partial charge < -0.3 is 10.1 Å². The van der Waals surface area contributed by atoms with Gasteiger partial charge in [-0.1, -0.05) is 11.6 Å². The Hall–Kier alpha value is -2.38. The number of thiocarbonyl (C=S) groups is 1. The number of anilines is 1. The van der Waals surface area contributed by atoms with E-state index in [0.29, 0.717) is 22.3 Å². The van der Waals surface area contributed by atoms with Crippen molar-refractivity contribution in [1.29, 1.82) is 0 Å². The Morgan fingerprint density at radius 1 is 1.36 bits per heavy atom. The highest BCUT2D eigenvalue weighted by molar-refractivity contribution is 7.80. The molecule has 4 rings (SSSR count). The molecule has 1 N–H and O–H groups in total. The predicted octanol–water partition coefficient (Wildman–Crippen LogP) is 4.18. The molecule has 2 aromatic carbocycles. The van der Waals surface area contributed by atoms with Crippen LogP contribution in [0.4, 0.5) is 11.4 Å². The number of halogens is 1. The van der Waals surface area contributed by atoms with Gasteiger partial charge in [-0.25, -0.2) is 0 Å². The average Bonchev–Trinajstić information content (AvgIpc) is 2.55. The molecule has 1 saturated heterocycles. The van der Waals surface area contributed by atoms with Crippen LogP contribution in [0, 0.1) is 10.1 Å². The van der Waals surface area contributed by atoms with E-state index in [1.165, 1.54) is 6.07 Å². The zero-order valence-electron chi connectivity index (χ0n) is 13.2. The number of nitro groups is 1. The molecule has 0 aliphatic carbocycles. The number of nitrogens with one attached hydrogen (secondary N) is 1. The number of hydrogen-bond acceptors (Lipinski definition) is 4. The van der Waals surface area contributed by atoms with Crippen LogP contribution in [0.1, 0.15) is 24.9 Å². The molecule has 8 heteroatoms. The van der Waals surface area contributed by atoms with E-state index in [-0.39, 0.29) is 11.7 Å². The van der Waals surface area contributed by atoms with Gasteiger partial charge >= 0.3 is 0 Å². The molecule has 0 spiro atoms. The van der Waals surface area contributed by atoms with E-state index in [9.17, 15) is 10.1 Å². The molecule has 0 amide bonds. The Kier molecular flexibility index (Phi) is 3.59. The van der Waals surface area contributed by atoms with Crippen molar-refractivity contribution in [3.05, 3.63) is 63.2 Å². The molecule has 25 heavy (non-hydrogen) atoms. The van der Waals surface area contributed by atoms with Crippen LogP contribution < -0.4 is 15.0 Å². The van der Waals surface area contributed by atoms with Gasteiger partial charge in [0.05, 0.1) is 11.0 Å². The van der Waals surface area contributed by atoms with Gasteiger partial charge in [0, 0.05) is 34.8 Å². The van der Waals surface area contributed by atoms with Crippen LogP contribution in [-0.4, -0.2) is 15.8 Å². The SMILES string of the molecule is C[C@@]12C[C@@H](NC(=S)N1c1ccc(Cl)cc1)c1cc([N+](=O)[O-])ccc1O2. The Bertz CT molecular complexity index is 889. The van der Waals surface area contributed by atoms with E-state index in [4.69, 9.17) is 28.6 Å². The largest absolute Gasteiger partial charge is 0.467 e. The minimum absolute atomic E-state index is 0.0406. The summed E-state index contributed by atoms with van der Waals surface area (Å²) in [5.74, 6) is 0.623. The molecular formula is C17H14ClN3O3S. The summed E-state index contributed by atoms with van der Waals surface area (Å²) in [4.78, 5) is 12.6. The van der Waals surface area contributed by atoms with Crippen LogP contribution in [0.15, 0.2) is 42.5 Å². The maximum Gasteiger partial charge on any atom is 0.270 e. The second-order valence-electron chi connectivity index (χ2n) is 6.27. The summed E-state index contributed by atoms with van der Waals surface area (Å²) in [5, 5.41) is 15.5. The first kappa shape index (κ1) is 16.1. The third-order valence-electron chi connectivity index (χ3n) is 4.55. The molecule has 0 saturated carbocycles. The smallest absolute Gasteiger partial charge is 0.270 e. The van der Waals surface area contributed by atoms with Gasteiger partial charge in [-0.15, -0.1) is 0 Å². The van der Waals surface area contributed by atoms with Gasteiger partial charge in [-0.05, 0) is 49.5 Å². The van der Waals surface area contributed by atoms with E-state index < -0.39 is 10.6 Å². The fourth-order valence-corrected chi connectivity index (χ4v) is 4.02. The Balaban J connectivity index is 1.77. The van der Waals surface area contributed by atoms with Gasteiger partial charge in [0.2, 0.25) is 0 Å². The summed E-state index contributed by atoms with van der Waals surface area (Å²) < 4.78 is 6.24. The van der Waals surface area contributed by atoms with E-state index in [1.807, 2.05) is 24.0 Å². The number of nitrogens with zero attached hydrogens (tertiary/aromatic N) is 2. The lowest BCUT2D eigenvalue weighted by Crippen LogP contribution is -2.65. The van der Waals surface area contributed by atoms with E-state index in [1.54, 1.807) is 24.3 Å². The van der Waals surface area contributed by atoms with Crippen molar-refractivity contribution in [1.82, 2.24) is 5.32 Å². The molecular weight excluding hydrogens is 362 g/mol. The summed E-state index contributed by atoms with van der Waals surface area (Å²) in [6.07, 6.45) is 0.601. The Morgan fingerprint density at radius 2 is 2.08 bits per heavy atom. The standard InChI is InChI=1S/C17H14ClN3O3S/c1-17-9-14(13-8-12(21(22)23)6-7-15(13)24-17)19-16(25)20(17)11-4-2-10(18)3-5-11/h2-8,14H,9H2,1H3,(H,19,25)/t14-,17-/m1/s1. The van der Waals surface area contributed by atoms with Crippen LogP contribution in [0.25, 0.3) is 0 Å². The minimum Gasteiger partial charge on any atom is -0.467 e. The van der Waals surface area contributed by atoms with Gasteiger partial charge in [0.25, 0.3) is 5.69 Å². The van der Waals surface area contributed by atoms with Crippen molar-refractivity contribution in [3.8, 4) is 5.75 Å². The second kappa shape index (κ2) is 5.57. The van der Waals surface area contributed by atoms with Gasteiger partial charge in [0.15, 0.2) is 10.8 Å². The van der Waals surface area contributed by atoms with Crippen LogP contribution >= 0.6 is 23.8 Å². The maximum atomic E-state index is 11.1. The van der Waals surface area contributed by atoms with Crippen LogP contribution in [-0.2, 0) is 0 Å². The van der Waals surface area contributed by atoms with Crippen LogP contribution in [0.2, 0.25) is 5.02 Å². The first-order valence-corrected chi connectivity index (χ1v) is 8.50. The number of benzene rings is 2. The molecule has 0 unspecified atom stereocenters. The molecule has 6 nitrogen and oxygen atoms in total. The summed E-state index contributed by atoms with van der Waals surface area (Å²) in [7, 11) is 0. The fourth-order valence-electron chi connectivity index (χ4n) is 3.46. The van der Waals surface area contributed by atoms with Crippen molar-refractivity contribution >= 4 is 40.3 Å². The highest BCUT2D eigenvalue weighted by Crippen LogP contribution is 2.46. The lowest BCUT2D eigenvalue weighted by Gasteiger charge is -2.52. The Morgan fingerprint density at radius 3 is 2.76 bits per heavy atom. The molecule has 0 aromatic heterocycles. The quantitative estimate of drug-likeness (QED) is 0.482. The van der Waals surface area contributed by atoms with E-state index in [0.717, 1.165) is 11.3 Å². The van der Waals surface area contributed by atoms with Crippen LogP contribution in [0.5, 0.6) is 5.75 Å². The first-order chi connectivity index (χ1) is 11.9. The summed E-state index contributed by atoms with van der Waals surface area (Å²) in [6, 6.07) is 11.9. The highest BCUT2D eigenvalue weighted by atomic mass is 35.5. The first-order valence-electron chi connectivity index (χ1n) is 7.71. The summed E-state index contributed by atoms with van der Waals surface area (Å²) in [5.41, 5.74) is 0.973. The normalized spacial score (nSPS) is 24.2. The number of fused-ring (bicyclic) bond motifs is 4. The number of non-ortho nitro benzene ring substituents is 1. The van der Waals surface area contributed by atoms with Crippen molar-refractivity contribution in [2.45, 2.75) is 25.1 Å². The highest BCUT2D eigenvalue weighted by Gasteiger charge is 2.48. The van der Waals surface area contributed by atoms with Gasteiger partial charge in [-0.3, -0.25) is 15.0 Å².